The van der Waals surface area contributed by atoms with E-state index in [0.29, 0.717) is 0 Å². The Morgan fingerprint density at radius 3 is 1.75 bits per heavy atom. The summed E-state index contributed by atoms with van der Waals surface area (Å²) in [4.78, 5) is 0. The quantitative estimate of drug-likeness (QED) is 0.179. The van der Waals surface area contributed by atoms with Gasteiger partial charge in [0.15, 0.2) is 0 Å². The third-order valence-corrected chi connectivity index (χ3v) is 11.1. The van der Waals surface area contributed by atoms with Crippen molar-refractivity contribution in [3.05, 3.63) is 188 Å². The molecule has 11 rings (SSSR count). The molecule has 53 heavy (non-hydrogen) atoms. The number of benzene rings is 8. The molecular formula is C48H31B2NO2. The highest BCUT2D eigenvalue weighted by Gasteiger charge is 2.41. The van der Waals surface area contributed by atoms with Crippen LogP contribution in [0.25, 0.3) is 38.6 Å². The van der Waals surface area contributed by atoms with Crippen LogP contribution in [0, 0.1) is 0 Å². The molecule has 0 amide bonds. The van der Waals surface area contributed by atoms with Crippen molar-refractivity contribution in [2.45, 2.75) is 0 Å². The Bertz CT molecular complexity index is 2830. The number of fused-ring (bicyclic) bond motifs is 8. The fourth-order valence-electron chi connectivity index (χ4n) is 8.83. The first-order chi connectivity index (χ1) is 26.3. The number of ether oxygens (including phenoxy) is 2. The Morgan fingerprint density at radius 2 is 1.00 bits per heavy atom. The van der Waals surface area contributed by atoms with E-state index in [1.807, 2.05) is 0 Å². The molecule has 0 saturated heterocycles. The lowest BCUT2D eigenvalue weighted by Crippen LogP contribution is -2.60. The van der Waals surface area contributed by atoms with E-state index < -0.39 is 0 Å². The predicted molar refractivity (Wildman–Crippen MR) is 221 cm³/mol. The number of nitrogens with zero attached hydrogens (tertiary/aromatic N) is 1. The zero-order valence-electron chi connectivity index (χ0n) is 28.8. The summed E-state index contributed by atoms with van der Waals surface area (Å²) in [6.45, 7) is -0.174. The maximum Gasteiger partial charge on any atom is 0.256 e. The van der Waals surface area contributed by atoms with Gasteiger partial charge in [-0.15, -0.1) is 0 Å². The van der Waals surface area contributed by atoms with Gasteiger partial charge >= 0.3 is 0 Å². The molecule has 0 unspecified atom stereocenters. The van der Waals surface area contributed by atoms with E-state index in [1.54, 1.807) is 0 Å². The van der Waals surface area contributed by atoms with Crippen LogP contribution in [0.5, 0.6) is 23.0 Å². The van der Waals surface area contributed by atoms with Crippen molar-refractivity contribution in [2.75, 3.05) is 0 Å². The molecule has 5 heteroatoms. The van der Waals surface area contributed by atoms with E-state index in [1.165, 1.54) is 43.9 Å². The minimum absolute atomic E-state index is 0.0597. The lowest BCUT2D eigenvalue weighted by molar-refractivity contribution is 0.469. The molecule has 0 radical (unpaired) electrons. The van der Waals surface area contributed by atoms with E-state index in [4.69, 9.17) is 9.47 Å². The van der Waals surface area contributed by atoms with Gasteiger partial charge in [0.2, 0.25) is 0 Å². The molecule has 8 aromatic carbocycles. The number of rotatable bonds is 4. The molecule has 1 aromatic heterocycles. The van der Waals surface area contributed by atoms with Gasteiger partial charge in [0.25, 0.3) is 13.4 Å². The minimum Gasteiger partial charge on any atom is -0.459 e. The molecule has 0 saturated carbocycles. The van der Waals surface area contributed by atoms with Crippen LogP contribution < -0.4 is 42.3 Å². The Labute approximate surface area is 308 Å². The third kappa shape index (κ3) is 4.64. The van der Waals surface area contributed by atoms with Crippen molar-refractivity contribution >= 4 is 68.0 Å². The molecule has 2 aliphatic heterocycles. The summed E-state index contributed by atoms with van der Waals surface area (Å²) in [6.07, 6.45) is 0. The van der Waals surface area contributed by atoms with Gasteiger partial charge in [0.1, 0.15) is 23.0 Å². The molecule has 9 aromatic rings. The van der Waals surface area contributed by atoms with Gasteiger partial charge in [-0.1, -0.05) is 157 Å². The van der Waals surface area contributed by atoms with Gasteiger partial charge in [-0.05, 0) is 70.0 Å². The highest BCUT2D eigenvalue weighted by atomic mass is 16.5. The van der Waals surface area contributed by atoms with Crippen molar-refractivity contribution in [1.29, 1.82) is 0 Å². The standard InChI is InChI=1S/C48H31B2NO2/c1-2-15-32(16-3-1)35-19-4-7-22-38(35)50-40-24-9-12-27-44(40)52-46-30-29-41-48(47(46)50)53-45-28-13-8-23-39(45)49(41)33-17-14-18-34(31-33)51-42-25-10-5-20-36(42)37-21-6-11-26-43(37)51/h1-31H. The topological polar surface area (TPSA) is 23.4 Å². The second-order valence-corrected chi connectivity index (χ2v) is 14.0. The summed E-state index contributed by atoms with van der Waals surface area (Å²) >= 11 is 0. The SMILES string of the molecule is c1ccc(-c2ccccc2B2c3ccccc3Oc3ccc4c(c32)Oc2ccccc2B4c2cccc(-n3c4ccccc4c4ccccc43)c2)cc1. The van der Waals surface area contributed by atoms with Crippen LogP contribution in [0.2, 0.25) is 0 Å². The van der Waals surface area contributed by atoms with Crippen LogP contribution in [-0.2, 0) is 0 Å². The molecule has 0 spiro atoms. The summed E-state index contributed by atoms with van der Waals surface area (Å²) in [7, 11) is 0. The van der Waals surface area contributed by atoms with E-state index in [9.17, 15) is 0 Å². The average Bonchev–Trinajstić information content (AvgIpc) is 3.57. The number of hydrogen-bond donors (Lipinski definition) is 0. The second kappa shape index (κ2) is 11.9. The van der Waals surface area contributed by atoms with Crippen LogP contribution >= 0.6 is 0 Å². The van der Waals surface area contributed by atoms with Gasteiger partial charge in [0.05, 0.1) is 11.0 Å². The molecule has 2 aliphatic rings. The van der Waals surface area contributed by atoms with Gasteiger partial charge in [0, 0.05) is 21.9 Å². The first-order valence-electron chi connectivity index (χ1n) is 18.2. The van der Waals surface area contributed by atoms with Crippen molar-refractivity contribution in [2.24, 2.45) is 0 Å². The monoisotopic (exact) mass is 675 g/mol. The summed E-state index contributed by atoms with van der Waals surface area (Å²) in [5, 5.41) is 2.51. The van der Waals surface area contributed by atoms with Crippen molar-refractivity contribution < 1.29 is 9.47 Å². The lowest BCUT2D eigenvalue weighted by Gasteiger charge is -2.34. The Balaban J connectivity index is 1.14. The Kier molecular flexibility index (Phi) is 6.75. The predicted octanol–water partition coefficient (Wildman–Crippen LogP) is 7.69. The second-order valence-electron chi connectivity index (χ2n) is 14.0. The van der Waals surface area contributed by atoms with Crippen molar-refractivity contribution in [3.8, 4) is 39.8 Å². The third-order valence-electron chi connectivity index (χ3n) is 11.1. The lowest BCUT2D eigenvalue weighted by atomic mass is 9.31. The van der Waals surface area contributed by atoms with E-state index in [2.05, 4.69) is 193 Å². The average molecular weight is 675 g/mol. The maximum atomic E-state index is 7.07. The minimum atomic E-state index is -0.115. The molecular weight excluding hydrogens is 644 g/mol. The molecule has 0 atom stereocenters. The molecule has 0 bridgehead atoms. The Morgan fingerprint density at radius 1 is 0.396 bits per heavy atom. The molecule has 3 heterocycles. The highest BCUT2D eigenvalue weighted by molar-refractivity contribution is 7.00. The largest absolute Gasteiger partial charge is 0.459 e. The zero-order valence-corrected chi connectivity index (χ0v) is 28.8. The fourth-order valence-corrected chi connectivity index (χ4v) is 8.83. The molecule has 3 nitrogen and oxygen atoms in total. The Hall–Kier alpha value is -6.71. The van der Waals surface area contributed by atoms with Crippen molar-refractivity contribution in [1.82, 2.24) is 4.57 Å². The van der Waals surface area contributed by atoms with Gasteiger partial charge in [-0.25, -0.2) is 0 Å². The normalized spacial score (nSPS) is 12.8. The van der Waals surface area contributed by atoms with E-state index >= 15 is 0 Å². The summed E-state index contributed by atoms with van der Waals surface area (Å²) < 4.78 is 16.2. The maximum absolute atomic E-state index is 7.07. The van der Waals surface area contributed by atoms with Crippen molar-refractivity contribution in [3.63, 3.8) is 0 Å². The fraction of sp³-hybridized carbons (Fsp3) is 0. The van der Waals surface area contributed by atoms with Crippen LogP contribution in [-0.4, -0.2) is 18.0 Å². The van der Waals surface area contributed by atoms with Crippen LogP contribution in [0.1, 0.15) is 0 Å². The molecule has 0 aliphatic carbocycles. The summed E-state index contributed by atoms with van der Waals surface area (Å²) in [5.41, 5.74) is 12.8. The first kappa shape index (κ1) is 30.0. The number of para-hydroxylation sites is 4. The summed E-state index contributed by atoms with van der Waals surface area (Å²) in [5.74, 6) is 3.44. The van der Waals surface area contributed by atoms with E-state index in [0.717, 1.165) is 50.5 Å². The highest BCUT2D eigenvalue weighted by Crippen LogP contribution is 2.34. The summed E-state index contributed by atoms with van der Waals surface area (Å²) in [6, 6.07) is 67.2. The smallest absolute Gasteiger partial charge is 0.256 e. The van der Waals surface area contributed by atoms with Crippen LogP contribution in [0.15, 0.2) is 188 Å². The van der Waals surface area contributed by atoms with Gasteiger partial charge < -0.3 is 14.0 Å². The van der Waals surface area contributed by atoms with Crippen LogP contribution in [0.4, 0.5) is 0 Å². The molecule has 0 N–H and O–H groups in total. The molecule has 246 valence electrons. The number of aromatic nitrogens is 1. The first-order valence-corrected chi connectivity index (χ1v) is 18.2. The zero-order chi connectivity index (χ0) is 34.9. The van der Waals surface area contributed by atoms with Gasteiger partial charge in [-0.3, -0.25) is 0 Å². The van der Waals surface area contributed by atoms with Gasteiger partial charge in [-0.2, -0.15) is 0 Å². The molecule has 0 fully saturated rings. The number of hydrogen-bond acceptors (Lipinski definition) is 2. The van der Waals surface area contributed by atoms with Crippen LogP contribution in [0.3, 0.4) is 0 Å². The van der Waals surface area contributed by atoms with E-state index in [-0.39, 0.29) is 13.4 Å².